The van der Waals surface area contributed by atoms with Gasteiger partial charge < -0.3 is 45.2 Å². The summed E-state index contributed by atoms with van der Waals surface area (Å²) in [5.41, 5.74) is 35.2. The molecule has 28 rings (SSSR count). The molecule has 0 unspecified atom stereocenters. The van der Waals surface area contributed by atoms with E-state index >= 15 is 0 Å². The van der Waals surface area contributed by atoms with Crippen molar-refractivity contribution in [3.63, 3.8) is 0 Å². The van der Waals surface area contributed by atoms with Crippen LogP contribution in [0.2, 0.25) is 0 Å². The van der Waals surface area contributed by atoms with Gasteiger partial charge in [-0.05, 0) is 130 Å². The summed E-state index contributed by atoms with van der Waals surface area (Å²) in [6.07, 6.45) is 0. The van der Waals surface area contributed by atoms with Crippen molar-refractivity contribution in [3.05, 3.63) is 422 Å². The van der Waals surface area contributed by atoms with Crippen molar-refractivity contribution >= 4 is 192 Å². The molecule has 0 N–H and O–H groups in total. The van der Waals surface area contributed by atoms with Gasteiger partial charge in [-0.25, -0.2) is 0 Å². The number of aromatic nitrogens is 7. The van der Waals surface area contributed by atoms with E-state index in [1.165, 1.54) is 226 Å². The van der Waals surface area contributed by atoms with Crippen molar-refractivity contribution in [2.45, 2.75) is 48.5 Å². The first-order chi connectivity index (χ1) is 68.4. The van der Waals surface area contributed by atoms with Crippen molar-refractivity contribution < 1.29 is 13.3 Å². The maximum Gasteiger partial charge on any atom is 0.208 e. The van der Waals surface area contributed by atoms with Crippen molar-refractivity contribution in [3.8, 4) is 78.3 Å². The Kier molecular flexibility index (Phi) is 23.9. The molecule has 0 radical (unpaired) electrons. The largest absolute Gasteiger partial charge is 0.454 e. The number of thiophene rings is 4. The highest BCUT2D eigenvalue weighted by Gasteiger charge is 2.27. The van der Waals surface area contributed by atoms with E-state index in [9.17, 15) is 0 Å². The fourth-order valence-corrected chi connectivity index (χ4v) is 26.0. The smallest absolute Gasteiger partial charge is 0.208 e. The van der Waals surface area contributed by atoms with Gasteiger partial charge in [0.1, 0.15) is 21.6 Å². The van der Waals surface area contributed by atoms with Crippen LogP contribution in [0.15, 0.2) is 395 Å². The molecular weight excluding hydrogens is 1790 g/mol. The van der Waals surface area contributed by atoms with Crippen LogP contribution >= 0.6 is 45.3 Å². The van der Waals surface area contributed by atoms with E-state index in [-0.39, 0.29) is 0 Å². The Morgan fingerprint density at radius 1 is 0.186 bits per heavy atom. The van der Waals surface area contributed by atoms with Gasteiger partial charge in [0.2, 0.25) is 5.71 Å². The quantitative estimate of drug-likeness (QED) is 0.160. The molecule has 0 bridgehead atoms. The zero-order valence-electron chi connectivity index (χ0n) is 80.9. The molecule has 14 aromatic carbocycles. The third-order valence-electron chi connectivity index (χ3n) is 28.4. The minimum absolute atomic E-state index is 0.947. The molecule has 140 heavy (non-hydrogen) atoms. The average molecular weight is 1890 g/mol. The summed E-state index contributed by atoms with van der Waals surface area (Å²) in [7, 11) is 14.9. The summed E-state index contributed by atoms with van der Waals surface area (Å²) in [4.78, 5) is 1.36. The number of fused-ring (bicyclic) bond motifs is 21. The van der Waals surface area contributed by atoms with E-state index in [1.807, 2.05) is 99.9 Å². The lowest BCUT2D eigenvalue weighted by Crippen LogP contribution is -1.94. The molecule has 28 aromatic rings. The standard InChI is InChI=1S/3C18H15NO.4C18H15NS/c1-12-16-14-10-6-7-11-15(14)20-18(16)17(19(12)2)13-8-4-3-5-9-13;1-12-16(13-8-4-3-5-9-13)18-17(19(12)2)14-10-6-7-11-15(14)20-18;1-12-16(13-8-4-3-5-9-13)17-14-10-6-7-11-15(14)20-18(17)19(12)2;1-12-18-16(14-10-6-7-11-15(14)20-18)17(19(12)2)13-8-4-3-5-9-13;1-12-16-14-10-6-7-11-15(14)20-18(16)17(19(12)2)13-8-4-3-5-9-13;1-12-16(13-8-4-3-5-9-13)18-17(19(12)2)14-10-6-7-11-15(14)20-18;1-12-16(13-8-4-3-5-9-13)17-14-10-6-7-11-15(14)20-18(17)19(12)2/h7*3-11H,1-2H3. The fourth-order valence-electron chi connectivity index (χ4n) is 20.8. The molecule has 14 heteroatoms. The molecule has 686 valence electrons. The Labute approximate surface area is 829 Å². The Balaban J connectivity index is 0.0000000939. The number of hydrogen-bond acceptors (Lipinski definition) is 7. The van der Waals surface area contributed by atoms with E-state index in [1.54, 1.807) is 0 Å². The maximum atomic E-state index is 6.12. The summed E-state index contributed by atoms with van der Waals surface area (Å²) in [6.45, 7) is 15.3. The number of aryl methyl sites for hydroxylation is 7. The second-order valence-corrected chi connectivity index (χ2v) is 40.3. The van der Waals surface area contributed by atoms with Gasteiger partial charge in [-0.2, -0.15) is 0 Å². The van der Waals surface area contributed by atoms with Gasteiger partial charge in [-0.1, -0.05) is 334 Å². The summed E-state index contributed by atoms with van der Waals surface area (Å²) in [5.74, 6) is 0. The van der Waals surface area contributed by atoms with Gasteiger partial charge in [0.15, 0.2) is 11.2 Å². The predicted octanol–water partition coefficient (Wildman–Crippen LogP) is 36.2. The first-order valence-corrected chi connectivity index (χ1v) is 50.8. The molecule has 0 aliphatic carbocycles. The van der Waals surface area contributed by atoms with Gasteiger partial charge >= 0.3 is 0 Å². The molecule has 0 amide bonds. The summed E-state index contributed by atoms with van der Waals surface area (Å²) < 4.78 is 43.8. The van der Waals surface area contributed by atoms with Crippen LogP contribution in [0.4, 0.5) is 0 Å². The second kappa shape index (κ2) is 37.3. The Hall–Kier alpha value is -15.7. The number of nitrogens with zero attached hydrogens (tertiary/aromatic N) is 7. The molecule has 0 atom stereocenters. The lowest BCUT2D eigenvalue weighted by Gasteiger charge is -2.06. The molecule has 14 aromatic heterocycles. The van der Waals surface area contributed by atoms with E-state index in [0.29, 0.717) is 0 Å². The SMILES string of the molecule is Cc1c(-c2ccccc2)c2c3ccccc3oc2n1C.Cc1c(-c2ccccc2)c2c3ccccc3sc2n1C.Cc1c(-c2ccccc2)c2oc3ccccc3c2n1C.Cc1c(-c2ccccc2)c2sc3ccccc3c2n1C.Cc1c2c(oc3ccccc32)c(-c2ccccc2)n1C.Cc1c2c(sc3ccccc32)c(-c2ccccc2)n1C.Cc1c2sc3ccccc3c2c(-c2ccccc2)n1C. The third kappa shape index (κ3) is 15.5. The molecule has 0 aliphatic heterocycles. The highest BCUT2D eigenvalue weighted by atomic mass is 32.1. The van der Waals surface area contributed by atoms with Gasteiger partial charge in [-0.15, -0.1) is 45.3 Å². The van der Waals surface area contributed by atoms with Gasteiger partial charge in [0.25, 0.3) is 0 Å². The van der Waals surface area contributed by atoms with Gasteiger partial charge in [-0.3, -0.25) is 0 Å². The second-order valence-electron chi connectivity index (χ2n) is 36.1. The lowest BCUT2D eigenvalue weighted by molar-refractivity contribution is 0.626. The van der Waals surface area contributed by atoms with Gasteiger partial charge in [0.05, 0.1) is 47.6 Å². The number of rotatable bonds is 7. The molecule has 10 nitrogen and oxygen atoms in total. The Bertz CT molecular complexity index is 8450. The number of furan rings is 3. The van der Waals surface area contributed by atoms with E-state index in [2.05, 4.69) is 457 Å². The molecule has 14 heterocycles. The lowest BCUT2D eigenvalue weighted by atomic mass is 10.0. The molecular formula is C126H105N7O3S4. The van der Waals surface area contributed by atoms with Crippen LogP contribution in [-0.2, 0) is 49.3 Å². The fraction of sp³-hybridized carbons (Fsp3) is 0.111. The van der Waals surface area contributed by atoms with Crippen LogP contribution in [0.25, 0.3) is 225 Å². The predicted molar refractivity (Wildman–Crippen MR) is 602 cm³/mol. The molecule has 0 saturated carbocycles. The van der Waals surface area contributed by atoms with Crippen LogP contribution in [0.3, 0.4) is 0 Å². The number of hydrogen-bond donors (Lipinski definition) is 0. The zero-order valence-corrected chi connectivity index (χ0v) is 84.1. The Morgan fingerprint density at radius 3 is 1.04 bits per heavy atom. The van der Waals surface area contributed by atoms with Crippen LogP contribution in [-0.4, -0.2) is 32.0 Å². The average Bonchev–Trinajstić information content (AvgIpc) is 1.60. The third-order valence-corrected chi connectivity index (χ3v) is 33.3. The molecule has 0 saturated heterocycles. The van der Waals surface area contributed by atoms with Crippen molar-refractivity contribution in [1.82, 2.24) is 32.0 Å². The molecule has 0 spiro atoms. The zero-order chi connectivity index (χ0) is 95.8. The minimum atomic E-state index is 0.947. The van der Waals surface area contributed by atoms with Crippen LogP contribution in [0.1, 0.15) is 39.9 Å². The van der Waals surface area contributed by atoms with Crippen molar-refractivity contribution in [1.29, 1.82) is 0 Å². The van der Waals surface area contributed by atoms with Crippen LogP contribution in [0, 0.1) is 48.5 Å². The highest BCUT2D eigenvalue weighted by Crippen LogP contribution is 2.50. The van der Waals surface area contributed by atoms with Crippen LogP contribution in [0.5, 0.6) is 0 Å². The summed E-state index contributed by atoms with van der Waals surface area (Å²) in [5, 5.41) is 15.7. The molecule has 0 fully saturated rings. The van der Waals surface area contributed by atoms with E-state index < -0.39 is 0 Å². The normalized spacial score (nSPS) is 11.5. The Morgan fingerprint density at radius 2 is 0.507 bits per heavy atom. The highest BCUT2D eigenvalue weighted by molar-refractivity contribution is 7.27. The van der Waals surface area contributed by atoms with Crippen molar-refractivity contribution in [2.24, 2.45) is 49.3 Å². The molecule has 0 aliphatic rings. The van der Waals surface area contributed by atoms with E-state index in [0.717, 1.165) is 39.3 Å². The van der Waals surface area contributed by atoms with Crippen LogP contribution < -0.4 is 0 Å². The number of para-hydroxylation sites is 3. The first kappa shape index (κ1) is 89.5. The maximum absolute atomic E-state index is 6.12. The van der Waals surface area contributed by atoms with Crippen molar-refractivity contribution in [2.75, 3.05) is 0 Å². The topological polar surface area (TPSA) is 73.9 Å². The number of benzene rings is 14. The van der Waals surface area contributed by atoms with E-state index in [4.69, 9.17) is 13.3 Å². The minimum Gasteiger partial charge on any atom is -0.454 e. The monoisotopic (exact) mass is 1890 g/mol. The summed E-state index contributed by atoms with van der Waals surface area (Å²) >= 11 is 7.57. The summed E-state index contributed by atoms with van der Waals surface area (Å²) in [6, 6.07) is 134. The first-order valence-electron chi connectivity index (χ1n) is 47.5. The van der Waals surface area contributed by atoms with Gasteiger partial charge in [0, 0.05) is 195 Å².